The molecule has 0 bridgehead atoms. The van der Waals surface area contributed by atoms with Gasteiger partial charge in [-0.15, -0.1) is 0 Å². The number of ether oxygens (including phenoxy) is 1. The van der Waals surface area contributed by atoms with Gasteiger partial charge in [0.15, 0.2) is 19.7 Å². The summed E-state index contributed by atoms with van der Waals surface area (Å²) in [5.41, 5.74) is 1.91. The lowest BCUT2D eigenvalue weighted by atomic mass is 10.1. The van der Waals surface area contributed by atoms with Gasteiger partial charge in [0.1, 0.15) is 10.6 Å². The molecule has 2 fully saturated rings. The van der Waals surface area contributed by atoms with Crippen molar-refractivity contribution in [2.24, 2.45) is 0 Å². The average Bonchev–Trinajstić information content (AvgIpc) is 3.11. The van der Waals surface area contributed by atoms with Crippen molar-refractivity contribution in [2.75, 3.05) is 49.7 Å². The van der Waals surface area contributed by atoms with Crippen LogP contribution in [0.5, 0.6) is 5.75 Å². The molecule has 2 atom stereocenters. The van der Waals surface area contributed by atoms with Gasteiger partial charge in [0.25, 0.3) is 0 Å². The molecule has 2 saturated heterocycles. The summed E-state index contributed by atoms with van der Waals surface area (Å²) >= 11 is 0. The Hall–Kier alpha value is -2.10. The molecule has 0 amide bonds. The van der Waals surface area contributed by atoms with Gasteiger partial charge in [-0.2, -0.15) is 0 Å². The molecule has 2 aliphatic rings. The Morgan fingerprint density at radius 2 is 1.65 bits per heavy atom. The number of hydrogen-bond donors (Lipinski definition) is 0. The van der Waals surface area contributed by atoms with Gasteiger partial charge < -0.3 is 9.64 Å². The Morgan fingerprint density at radius 1 is 0.968 bits per heavy atom. The molecular formula is C22H28N2O5S2. The van der Waals surface area contributed by atoms with Gasteiger partial charge in [-0.25, -0.2) is 16.8 Å². The highest BCUT2D eigenvalue weighted by Gasteiger charge is 2.49. The zero-order valence-corrected chi connectivity index (χ0v) is 19.4. The number of aryl methyl sites for hydroxylation is 1. The van der Waals surface area contributed by atoms with Gasteiger partial charge in [0, 0.05) is 37.9 Å². The third-order valence-electron chi connectivity index (χ3n) is 6.20. The summed E-state index contributed by atoms with van der Waals surface area (Å²) in [4.78, 5) is 4.35. The molecule has 2 heterocycles. The van der Waals surface area contributed by atoms with Crippen LogP contribution in [0.25, 0.3) is 0 Å². The normalized spacial score (nSPS) is 24.3. The second kappa shape index (κ2) is 8.44. The summed E-state index contributed by atoms with van der Waals surface area (Å²) < 4.78 is 57.6. The van der Waals surface area contributed by atoms with Crippen molar-refractivity contribution in [1.82, 2.24) is 4.90 Å². The Balaban J connectivity index is 1.60. The van der Waals surface area contributed by atoms with Gasteiger partial charge in [0.2, 0.25) is 0 Å². The monoisotopic (exact) mass is 464 g/mol. The van der Waals surface area contributed by atoms with E-state index in [1.165, 1.54) is 7.11 Å². The zero-order valence-electron chi connectivity index (χ0n) is 17.8. The van der Waals surface area contributed by atoms with Crippen LogP contribution in [0.2, 0.25) is 0 Å². The van der Waals surface area contributed by atoms with Crippen molar-refractivity contribution in [3.8, 4) is 5.75 Å². The fourth-order valence-electron chi connectivity index (χ4n) is 4.55. The van der Waals surface area contributed by atoms with Gasteiger partial charge in [-0.3, -0.25) is 4.90 Å². The number of piperazine rings is 1. The number of anilines is 1. The molecule has 2 aliphatic heterocycles. The number of methoxy groups -OCH3 is 1. The molecule has 0 spiro atoms. The van der Waals surface area contributed by atoms with E-state index in [2.05, 4.69) is 4.90 Å². The highest BCUT2D eigenvalue weighted by molar-refractivity contribution is 7.96. The van der Waals surface area contributed by atoms with E-state index in [1.807, 2.05) is 42.2 Å². The van der Waals surface area contributed by atoms with Crippen LogP contribution in [-0.2, 0) is 19.7 Å². The molecule has 0 unspecified atom stereocenters. The second-order valence-corrected chi connectivity index (χ2v) is 12.5. The Kier molecular flexibility index (Phi) is 6.02. The number of nitrogens with zero attached hydrogens (tertiary/aromatic N) is 2. The van der Waals surface area contributed by atoms with E-state index < -0.39 is 31.0 Å². The van der Waals surface area contributed by atoms with Gasteiger partial charge in [0.05, 0.1) is 23.9 Å². The quantitative estimate of drug-likeness (QED) is 0.667. The minimum Gasteiger partial charge on any atom is -0.495 e. The van der Waals surface area contributed by atoms with E-state index in [9.17, 15) is 16.8 Å². The predicted octanol–water partition coefficient (Wildman–Crippen LogP) is 1.77. The van der Waals surface area contributed by atoms with Crippen LogP contribution >= 0.6 is 0 Å². The van der Waals surface area contributed by atoms with Crippen LogP contribution in [0, 0.1) is 6.92 Å². The Bertz CT molecular complexity index is 1140. The molecule has 0 radical (unpaired) electrons. The number of rotatable bonds is 5. The standard InChI is InChI=1S/C22H28N2O5S2/c1-17-8-9-20(29-2)21(14-17)31(27,28)22-16-30(25,26)15-19(22)24-12-10-23(11-13-24)18-6-4-3-5-7-18/h3-9,14,19,22H,10-13,15-16H2,1-2H3/t19-,22-/m1/s1. The van der Waals surface area contributed by atoms with Crippen molar-refractivity contribution < 1.29 is 21.6 Å². The van der Waals surface area contributed by atoms with Crippen LogP contribution in [0.1, 0.15) is 5.56 Å². The van der Waals surface area contributed by atoms with Crippen LogP contribution in [0.4, 0.5) is 5.69 Å². The number of benzene rings is 2. The topological polar surface area (TPSA) is 84.0 Å². The highest BCUT2D eigenvalue weighted by Crippen LogP contribution is 2.34. The largest absolute Gasteiger partial charge is 0.495 e. The third-order valence-corrected chi connectivity index (χ3v) is 10.3. The first-order valence-electron chi connectivity index (χ1n) is 10.3. The number of sulfone groups is 2. The molecule has 4 rings (SSSR count). The van der Waals surface area contributed by atoms with E-state index in [0.29, 0.717) is 13.1 Å². The Labute approximate surface area is 184 Å². The van der Waals surface area contributed by atoms with Gasteiger partial charge >= 0.3 is 0 Å². The molecule has 0 aromatic heterocycles. The lowest BCUT2D eigenvalue weighted by Crippen LogP contribution is -2.55. The molecular weight excluding hydrogens is 436 g/mol. The van der Waals surface area contributed by atoms with Crippen molar-refractivity contribution in [3.63, 3.8) is 0 Å². The molecule has 0 saturated carbocycles. The molecule has 7 nitrogen and oxygen atoms in total. The van der Waals surface area contributed by atoms with Crippen LogP contribution in [0.3, 0.4) is 0 Å². The maximum atomic E-state index is 13.6. The smallest absolute Gasteiger partial charge is 0.187 e. The molecule has 168 valence electrons. The van der Waals surface area contributed by atoms with Crippen molar-refractivity contribution in [2.45, 2.75) is 23.1 Å². The maximum Gasteiger partial charge on any atom is 0.187 e. The predicted molar refractivity (Wildman–Crippen MR) is 121 cm³/mol. The minimum atomic E-state index is -3.90. The molecule has 9 heteroatoms. The summed E-state index contributed by atoms with van der Waals surface area (Å²) in [6.07, 6.45) is 0. The summed E-state index contributed by atoms with van der Waals surface area (Å²) in [7, 11) is -5.93. The lowest BCUT2D eigenvalue weighted by Gasteiger charge is -2.40. The second-order valence-electron chi connectivity index (χ2n) is 8.24. The minimum absolute atomic E-state index is 0.0741. The van der Waals surface area contributed by atoms with E-state index in [4.69, 9.17) is 4.74 Å². The SMILES string of the molecule is COc1ccc(C)cc1S(=O)(=O)[C@@H]1CS(=O)(=O)C[C@H]1N1CCN(c2ccccc2)CC1. The first-order valence-corrected chi connectivity index (χ1v) is 13.7. The number of hydrogen-bond acceptors (Lipinski definition) is 7. The van der Waals surface area contributed by atoms with Gasteiger partial charge in [-0.05, 0) is 36.8 Å². The van der Waals surface area contributed by atoms with Gasteiger partial charge in [-0.1, -0.05) is 24.3 Å². The summed E-state index contributed by atoms with van der Waals surface area (Å²) in [6, 6.07) is 14.5. The van der Waals surface area contributed by atoms with Crippen molar-refractivity contribution in [3.05, 3.63) is 54.1 Å². The van der Waals surface area contributed by atoms with Crippen LogP contribution < -0.4 is 9.64 Å². The summed E-state index contributed by atoms with van der Waals surface area (Å²) in [5, 5.41) is -1.00. The van der Waals surface area contributed by atoms with Crippen molar-refractivity contribution in [1.29, 1.82) is 0 Å². The molecule has 31 heavy (non-hydrogen) atoms. The summed E-state index contributed by atoms with van der Waals surface area (Å²) in [6.45, 7) is 4.49. The fourth-order valence-corrected chi connectivity index (χ4v) is 9.63. The molecule has 0 aliphatic carbocycles. The number of para-hydroxylation sites is 1. The zero-order chi connectivity index (χ0) is 22.2. The van der Waals surface area contributed by atoms with Crippen LogP contribution in [-0.4, -0.2) is 77.8 Å². The summed E-state index contributed by atoms with van der Waals surface area (Å²) in [5.74, 6) is -0.227. The van der Waals surface area contributed by atoms with E-state index in [-0.39, 0.29) is 22.2 Å². The fraction of sp³-hybridized carbons (Fsp3) is 0.455. The van der Waals surface area contributed by atoms with Crippen LogP contribution in [0.15, 0.2) is 53.4 Å². The highest BCUT2D eigenvalue weighted by atomic mass is 32.2. The Morgan fingerprint density at radius 3 is 2.29 bits per heavy atom. The first kappa shape index (κ1) is 22.1. The van der Waals surface area contributed by atoms with Crippen molar-refractivity contribution >= 4 is 25.4 Å². The van der Waals surface area contributed by atoms with E-state index >= 15 is 0 Å². The molecule has 2 aromatic rings. The average molecular weight is 465 g/mol. The van der Waals surface area contributed by atoms with E-state index in [1.54, 1.807) is 18.2 Å². The maximum absolute atomic E-state index is 13.6. The first-order chi connectivity index (χ1) is 14.7. The molecule has 0 N–H and O–H groups in total. The molecule has 2 aromatic carbocycles. The third kappa shape index (κ3) is 4.44. The van der Waals surface area contributed by atoms with E-state index in [0.717, 1.165) is 24.3 Å². The lowest BCUT2D eigenvalue weighted by molar-refractivity contribution is 0.201.